The fourth-order valence-corrected chi connectivity index (χ4v) is 4.94. The van der Waals surface area contributed by atoms with E-state index in [4.69, 9.17) is 0 Å². The van der Waals surface area contributed by atoms with Crippen LogP contribution in [0.1, 0.15) is 16.7 Å². The average Bonchev–Trinajstić information content (AvgIpc) is 2.57. The van der Waals surface area contributed by atoms with Gasteiger partial charge < -0.3 is 4.90 Å². The molecule has 1 heterocycles. The Morgan fingerprint density at radius 2 is 1.50 bits per heavy atom. The molecule has 1 aliphatic heterocycles. The van der Waals surface area contributed by atoms with Crippen LogP contribution >= 0.6 is 0 Å². The molecule has 0 aromatic heterocycles. The molecule has 1 aliphatic rings. The molecule has 0 saturated carbocycles. The van der Waals surface area contributed by atoms with Crippen LogP contribution in [0.2, 0.25) is 0 Å². The van der Waals surface area contributed by atoms with Gasteiger partial charge >= 0.3 is 0 Å². The predicted molar refractivity (Wildman–Crippen MR) is 98.1 cm³/mol. The van der Waals surface area contributed by atoms with Gasteiger partial charge in [-0.2, -0.15) is 4.31 Å². The highest BCUT2D eigenvalue weighted by Crippen LogP contribution is 2.25. The van der Waals surface area contributed by atoms with Gasteiger partial charge in [-0.25, -0.2) is 8.42 Å². The second-order valence-electron chi connectivity index (χ2n) is 6.45. The zero-order valence-electron chi connectivity index (χ0n) is 14.5. The van der Waals surface area contributed by atoms with Crippen LogP contribution in [0.15, 0.2) is 47.4 Å². The number of sulfonamides is 1. The minimum atomic E-state index is -3.42. The second-order valence-corrected chi connectivity index (χ2v) is 8.35. The smallest absolute Gasteiger partial charge is 0.243 e. The number of aryl methyl sites for hydroxylation is 3. The van der Waals surface area contributed by atoms with Gasteiger partial charge in [0.2, 0.25) is 10.0 Å². The lowest BCUT2D eigenvalue weighted by atomic mass is 10.1. The number of anilines is 1. The Bertz CT molecular complexity index is 838. The molecule has 2 aromatic rings. The molecule has 0 amide bonds. The van der Waals surface area contributed by atoms with Gasteiger partial charge in [0.25, 0.3) is 0 Å². The molecule has 0 bridgehead atoms. The van der Waals surface area contributed by atoms with Gasteiger partial charge in [-0.3, -0.25) is 0 Å². The number of benzene rings is 2. The summed E-state index contributed by atoms with van der Waals surface area (Å²) >= 11 is 0. The van der Waals surface area contributed by atoms with Crippen molar-refractivity contribution < 1.29 is 8.42 Å². The SMILES string of the molecule is Cc1ccc(C)c(S(=O)(=O)N2CCN(c3ccccc3C)CC2)c1. The van der Waals surface area contributed by atoms with Crippen LogP contribution < -0.4 is 4.90 Å². The van der Waals surface area contributed by atoms with Crippen molar-refractivity contribution in [2.75, 3.05) is 31.1 Å². The summed E-state index contributed by atoms with van der Waals surface area (Å²) in [6.45, 7) is 8.34. The Morgan fingerprint density at radius 1 is 0.833 bits per heavy atom. The zero-order valence-corrected chi connectivity index (χ0v) is 15.3. The molecule has 2 aromatic carbocycles. The number of hydrogen-bond donors (Lipinski definition) is 0. The summed E-state index contributed by atoms with van der Waals surface area (Å²) in [6.07, 6.45) is 0. The van der Waals surface area contributed by atoms with Crippen molar-refractivity contribution in [3.05, 3.63) is 59.2 Å². The first-order valence-electron chi connectivity index (χ1n) is 8.27. The van der Waals surface area contributed by atoms with E-state index in [0.29, 0.717) is 18.0 Å². The van der Waals surface area contributed by atoms with Crippen molar-refractivity contribution in [2.24, 2.45) is 0 Å². The fourth-order valence-electron chi connectivity index (χ4n) is 3.21. The molecule has 4 nitrogen and oxygen atoms in total. The minimum absolute atomic E-state index is 0.437. The monoisotopic (exact) mass is 344 g/mol. The van der Waals surface area contributed by atoms with Crippen LogP contribution in [-0.4, -0.2) is 38.9 Å². The standard InChI is InChI=1S/C19H24N2O2S/c1-15-8-9-17(3)19(14-15)24(22,23)21-12-10-20(11-13-21)18-7-5-4-6-16(18)2/h4-9,14H,10-13H2,1-3H3. The van der Waals surface area contributed by atoms with Crippen LogP contribution in [0.5, 0.6) is 0 Å². The average molecular weight is 344 g/mol. The van der Waals surface area contributed by atoms with E-state index < -0.39 is 10.0 Å². The van der Waals surface area contributed by atoms with Gasteiger partial charge in [-0.1, -0.05) is 30.3 Å². The van der Waals surface area contributed by atoms with E-state index in [0.717, 1.165) is 24.2 Å². The van der Waals surface area contributed by atoms with Crippen molar-refractivity contribution in [2.45, 2.75) is 25.7 Å². The molecule has 5 heteroatoms. The van der Waals surface area contributed by atoms with E-state index >= 15 is 0 Å². The molecule has 0 spiro atoms. The van der Waals surface area contributed by atoms with E-state index in [1.807, 2.05) is 38.1 Å². The van der Waals surface area contributed by atoms with Gasteiger partial charge in [0.1, 0.15) is 0 Å². The Balaban J connectivity index is 1.79. The third kappa shape index (κ3) is 3.19. The van der Waals surface area contributed by atoms with Gasteiger partial charge in [0.05, 0.1) is 4.90 Å². The molecular weight excluding hydrogens is 320 g/mol. The van der Waals surface area contributed by atoms with Gasteiger partial charge in [0.15, 0.2) is 0 Å². The third-order valence-electron chi connectivity index (χ3n) is 4.66. The molecular formula is C19H24N2O2S. The lowest BCUT2D eigenvalue weighted by Crippen LogP contribution is -2.49. The molecule has 0 aliphatic carbocycles. The summed E-state index contributed by atoms with van der Waals surface area (Å²) in [5.74, 6) is 0. The number of piperazine rings is 1. The highest BCUT2D eigenvalue weighted by molar-refractivity contribution is 7.89. The van der Waals surface area contributed by atoms with E-state index in [9.17, 15) is 8.42 Å². The molecule has 1 saturated heterocycles. The summed E-state index contributed by atoms with van der Waals surface area (Å²) in [7, 11) is -3.42. The maximum atomic E-state index is 13.0. The van der Waals surface area contributed by atoms with Gasteiger partial charge in [-0.05, 0) is 49.6 Å². The summed E-state index contributed by atoms with van der Waals surface area (Å²) in [5.41, 5.74) is 4.20. The fraction of sp³-hybridized carbons (Fsp3) is 0.368. The lowest BCUT2D eigenvalue weighted by Gasteiger charge is -2.36. The number of rotatable bonds is 3. The quantitative estimate of drug-likeness (QED) is 0.859. The van der Waals surface area contributed by atoms with Gasteiger partial charge in [-0.15, -0.1) is 0 Å². The zero-order chi connectivity index (χ0) is 17.3. The van der Waals surface area contributed by atoms with Crippen molar-refractivity contribution in [3.63, 3.8) is 0 Å². The molecule has 0 radical (unpaired) electrons. The highest BCUT2D eigenvalue weighted by Gasteiger charge is 2.29. The van der Waals surface area contributed by atoms with E-state index in [-0.39, 0.29) is 0 Å². The van der Waals surface area contributed by atoms with Crippen molar-refractivity contribution >= 4 is 15.7 Å². The predicted octanol–water partition coefficient (Wildman–Crippen LogP) is 3.12. The second kappa shape index (κ2) is 6.57. The summed E-state index contributed by atoms with van der Waals surface area (Å²) in [6, 6.07) is 13.9. The molecule has 128 valence electrons. The summed E-state index contributed by atoms with van der Waals surface area (Å²) in [5, 5.41) is 0. The van der Waals surface area contributed by atoms with Crippen LogP contribution in [-0.2, 0) is 10.0 Å². The Morgan fingerprint density at radius 3 is 2.17 bits per heavy atom. The maximum absolute atomic E-state index is 13.0. The largest absolute Gasteiger partial charge is 0.369 e. The van der Waals surface area contributed by atoms with Gasteiger partial charge in [0, 0.05) is 31.9 Å². The maximum Gasteiger partial charge on any atom is 0.243 e. The van der Waals surface area contributed by atoms with Crippen LogP contribution in [0.4, 0.5) is 5.69 Å². The van der Waals surface area contributed by atoms with Crippen LogP contribution in [0, 0.1) is 20.8 Å². The summed E-state index contributed by atoms with van der Waals surface area (Å²) in [4.78, 5) is 2.71. The first-order valence-corrected chi connectivity index (χ1v) is 9.71. The van der Waals surface area contributed by atoms with Crippen LogP contribution in [0.3, 0.4) is 0 Å². The van der Waals surface area contributed by atoms with Crippen LogP contribution in [0.25, 0.3) is 0 Å². The molecule has 0 atom stereocenters. The Hall–Kier alpha value is -1.85. The molecule has 24 heavy (non-hydrogen) atoms. The van der Waals surface area contributed by atoms with E-state index in [1.54, 1.807) is 10.4 Å². The highest BCUT2D eigenvalue weighted by atomic mass is 32.2. The molecule has 0 unspecified atom stereocenters. The normalized spacial score (nSPS) is 16.4. The first-order chi connectivity index (χ1) is 11.4. The third-order valence-corrected chi connectivity index (χ3v) is 6.70. The molecule has 3 rings (SSSR count). The Kier molecular flexibility index (Phi) is 4.65. The van der Waals surface area contributed by atoms with E-state index in [1.165, 1.54) is 11.3 Å². The van der Waals surface area contributed by atoms with Crippen molar-refractivity contribution in [1.29, 1.82) is 0 Å². The van der Waals surface area contributed by atoms with Crippen molar-refractivity contribution in [3.8, 4) is 0 Å². The van der Waals surface area contributed by atoms with E-state index in [2.05, 4.69) is 24.0 Å². The minimum Gasteiger partial charge on any atom is -0.369 e. The lowest BCUT2D eigenvalue weighted by molar-refractivity contribution is 0.384. The summed E-state index contributed by atoms with van der Waals surface area (Å²) < 4.78 is 27.6. The number of para-hydroxylation sites is 1. The number of hydrogen-bond acceptors (Lipinski definition) is 3. The first kappa shape index (κ1) is 17.0. The molecule has 0 N–H and O–H groups in total. The van der Waals surface area contributed by atoms with Crippen molar-refractivity contribution in [1.82, 2.24) is 4.31 Å². The topological polar surface area (TPSA) is 40.6 Å². The molecule has 1 fully saturated rings. The number of nitrogens with zero attached hydrogens (tertiary/aromatic N) is 2. The Labute approximate surface area is 144 Å².